The molecule has 0 radical (unpaired) electrons. The first-order valence-corrected chi connectivity index (χ1v) is 8.74. The molecule has 7 nitrogen and oxygen atoms in total. The van der Waals surface area contributed by atoms with E-state index in [1.165, 1.54) is 51.7 Å². The van der Waals surface area contributed by atoms with E-state index in [1.807, 2.05) is 0 Å². The van der Waals surface area contributed by atoms with Crippen LogP contribution in [0, 0.1) is 6.92 Å². The predicted molar refractivity (Wildman–Crippen MR) is 92.9 cm³/mol. The highest BCUT2D eigenvalue weighted by Gasteiger charge is 2.19. The molecule has 0 aliphatic rings. The van der Waals surface area contributed by atoms with Gasteiger partial charge >= 0.3 is 5.97 Å². The maximum absolute atomic E-state index is 12.6. The first-order valence-electron chi connectivity index (χ1n) is 7.26. The molecule has 0 heterocycles. The number of hydrogen-bond acceptors (Lipinski definition) is 6. The number of benzene rings is 2. The monoisotopic (exact) mass is 365 g/mol. The molecule has 0 unspecified atom stereocenters. The van der Waals surface area contributed by atoms with Gasteiger partial charge < -0.3 is 14.2 Å². The summed E-state index contributed by atoms with van der Waals surface area (Å²) in [7, 11) is 0.283. The Kier molecular flexibility index (Phi) is 5.53. The Balaban J connectivity index is 2.43. The van der Waals surface area contributed by atoms with Crippen molar-refractivity contribution in [1.82, 2.24) is 0 Å². The average molecular weight is 365 g/mol. The zero-order valence-corrected chi connectivity index (χ0v) is 15.1. The van der Waals surface area contributed by atoms with Crippen molar-refractivity contribution in [2.45, 2.75) is 11.8 Å². The largest absolute Gasteiger partial charge is 0.496 e. The van der Waals surface area contributed by atoms with Crippen LogP contribution in [0.4, 0.5) is 5.69 Å². The number of nitrogens with one attached hydrogen (secondary N) is 1. The molecule has 134 valence electrons. The highest BCUT2D eigenvalue weighted by atomic mass is 32.2. The minimum Gasteiger partial charge on any atom is -0.496 e. The summed E-state index contributed by atoms with van der Waals surface area (Å²) >= 11 is 0. The van der Waals surface area contributed by atoms with Gasteiger partial charge in [-0.1, -0.05) is 0 Å². The van der Waals surface area contributed by atoms with Gasteiger partial charge in [0, 0.05) is 0 Å². The van der Waals surface area contributed by atoms with Crippen molar-refractivity contribution in [1.29, 1.82) is 0 Å². The summed E-state index contributed by atoms with van der Waals surface area (Å²) in [5, 5.41) is 0. The minimum atomic E-state index is -3.88. The van der Waals surface area contributed by atoms with Gasteiger partial charge in [-0.2, -0.15) is 0 Å². The number of anilines is 1. The molecule has 0 bridgehead atoms. The van der Waals surface area contributed by atoms with Crippen molar-refractivity contribution in [2.24, 2.45) is 0 Å². The number of esters is 1. The zero-order valence-electron chi connectivity index (χ0n) is 14.3. The highest BCUT2D eigenvalue weighted by Crippen LogP contribution is 2.29. The first kappa shape index (κ1) is 18.6. The summed E-state index contributed by atoms with van der Waals surface area (Å²) in [4.78, 5) is 11.7. The lowest BCUT2D eigenvalue weighted by atomic mass is 10.2. The van der Waals surface area contributed by atoms with Crippen LogP contribution >= 0.6 is 0 Å². The standard InChI is InChI=1S/C17H19NO6S/c1-11-9-13(6-8-15(11)22-2)25(20,21)18-14-10-12(17(19)24-4)5-7-16(14)23-3/h5-10,18H,1-4H3. The molecular formula is C17H19NO6S. The van der Waals surface area contributed by atoms with Crippen LogP contribution in [0.15, 0.2) is 41.3 Å². The number of rotatable bonds is 6. The number of hydrogen-bond donors (Lipinski definition) is 1. The minimum absolute atomic E-state index is 0.0660. The van der Waals surface area contributed by atoms with Crippen LogP contribution in [0.25, 0.3) is 0 Å². The second kappa shape index (κ2) is 7.43. The lowest BCUT2D eigenvalue weighted by Gasteiger charge is -2.14. The normalized spacial score (nSPS) is 10.9. The molecule has 0 saturated heterocycles. The van der Waals surface area contributed by atoms with Crippen molar-refractivity contribution in [3.8, 4) is 11.5 Å². The molecule has 2 rings (SSSR count). The molecule has 0 saturated carbocycles. The number of ether oxygens (including phenoxy) is 3. The molecule has 2 aromatic carbocycles. The van der Waals surface area contributed by atoms with Gasteiger partial charge in [0.25, 0.3) is 10.0 Å². The molecule has 1 N–H and O–H groups in total. The van der Waals surface area contributed by atoms with Gasteiger partial charge in [-0.05, 0) is 48.9 Å². The van der Waals surface area contributed by atoms with E-state index in [4.69, 9.17) is 9.47 Å². The number of methoxy groups -OCH3 is 3. The SMILES string of the molecule is COC(=O)c1ccc(OC)c(NS(=O)(=O)c2ccc(OC)c(C)c2)c1. The smallest absolute Gasteiger partial charge is 0.337 e. The third-order valence-electron chi connectivity index (χ3n) is 3.54. The molecule has 0 spiro atoms. The highest BCUT2D eigenvalue weighted by molar-refractivity contribution is 7.92. The van der Waals surface area contributed by atoms with E-state index >= 15 is 0 Å². The Hall–Kier alpha value is -2.74. The fourth-order valence-electron chi connectivity index (χ4n) is 2.25. The fourth-order valence-corrected chi connectivity index (χ4v) is 3.40. The Labute approximate surface area is 146 Å². The van der Waals surface area contributed by atoms with Crippen LogP contribution in [-0.4, -0.2) is 35.7 Å². The average Bonchev–Trinajstić information content (AvgIpc) is 2.60. The molecule has 0 amide bonds. The van der Waals surface area contributed by atoms with Gasteiger partial charge in [-0.15, -0.1) is 0 Å². The zero-order chi connectivity index (χ0) is 18.6. The van der Waals surface area contributed by atoms with Crippen LogP contribution in [0.1, 0.15) is 15.9 Å². The Morgan fingerprint density at radius 2 is 1.60 bits per heavy atom. The van der Waals surface area contributed by atoms with Crippen molar-refractivity contribution in [2.75, 3.05) is 26.1 Å². The van der Waals surface area contributed by atoms with Gasteiger partial charge in [0.1, 0.15) is 11.5 Å². The topological polar surface area (TPSA) is 90.9 Å². The number of aryl methyl sites for hydroxylation is 1. The summed E-state index contributed by atoms with van der Waals surface area (Å²) in [5.74, 6) is 0.286. The van der Waals surface area contributed by atoms with Crippen molar-refractivity contribution in [3.05, 3.63) is 47.5 Å². The Bertz CT molecular complexity index is 892. The number of sulfonamides is 1. The second-order valence-corrected chi connectivity index (χ2v) is 6.83. The second-order valence-electron chi connectivity index (χ2n) is 5.14. The van der Waals surface area contributed by atoms with Crippen LogP contribution < -0.4 is 14.2 Å². The maximum atomic E-state index is 12.6. The molecule has 0 aromatic heterocycles. The first-order chi connectivity index (χ1) is 11.8. The van der Waals surface area contributed by atoms with E-state index in [2.05, 4.69) is 9.46 Å². The van der Waals surface area contributed by atoms with Gasteiger partial charge in [0.05, 0.1) is 37.5 Å². The molecule has 8 heteroatoms. The van der Waals surface area contributed by atoms with Crippen molar-refractivity contribution >= 4 is 21.7 Å². The van der Waals surface area contributed by atoms with Crippen LogP contribution in [-0.2, 0) is 14.8 Å². The predicted octanol–water partition coefficient (Wildman–Crippen LogP) is 2.60. The molecule has 0 atom stereocenters. The number of carbonyl (C=O) groups is 1. The van der Waals surface area contributed by atoms with E-state index in [9.17, 15) is 13.2 Å². The van der Waals surface area contributed by atoms with E-state index < -0.39 is 16.0 Å². The lowest BCUT2D eigenvalue weighted by molar-refractivity contribution is 0.0600. The van der Waals surface area contributed by atoms with E-state index in [-0.39, 0.29) is 21.9 Å². The molecule has 0 aliphatic heterocycles. The van der Waals surface area contributed by atoms with Gasteiger partial charge in [0.2, 0.25) is 0 Å². The third-order valence-corrected chi connectivity index (χ3v) is 4.90. The van der Waals surface area contributed by atoms with E-state index in [0.29, 0.717) is 11.3 Å². The van der Waals surface area contributed by atoms with E-state index in [0.717, 1.165) is 0 Å². The molecule has 0 aliphatic carbocycles. The van der Waals surface area contributed by atoms with Gasteiger partial charge in [-0.25, -0.2) is 13.2 Å². The summed E-state index contributed by atoms with van der Waals surface area (Å²) in [6, 6.07) is 8.84. The Morgan fingerprint density at radius 1 is 0.960 bits per heavy atom. The van der Waals surface area contributed by atoms with Gasteiger partial charge in [0.15, 0.2) is 0 Å². The molecule has 25 heavy (non-hydrogen) atoms. The Morgan fingerprint density at radius 3 is 2.16 bits per heavy atom. The van der Waals surface area contributed by atoms with Crippen LogP contribution in [0.3, 0.4) is 0 Å². The van der Waals surface area contributed by atoms with Crippen LogP contribution in [0.5, 0.6) is 11.5 Å². The fraction of sp³-hybridized carbons (Fsp3) is 0.235. The molecule has 2 aromatic rings. The van der Waals surface area contributed by atoms with Gasteiger partial charge in [-0.3, -0.25) is 4.72 Å². The summed E-state index contributed by atoms with van der Waals surface area (Å²) in [5.41, 5.74) is 1.02. The summed E-state index contributed by atoms with van der Waals surface area (Å²) in [6.07, 6.45) is 0. The van der Waals surface area contributed by atoms with Crippen molar-refractivity contribution in [3.63, 3.8) is 0 Å². The quantitative estimate of drug-likeness (QED) is 0.791. The summed E-state index contributed by atoms with van der Waals surface area (Å²) < 4.78 is 42.7. The number of carbonyl (C=O) groups excluding carboxylic acids is 1. The van der Waals surface area contributed by atoms with E-state index in [1.54, 1.807) is 13.0 Å². The summed E-state index contributed by atoms with van der Waals surface area (Å²) in [6.45, 7) is 1.75. The van der Waals surface area contributed by atoms with Crippen LogP contribution in [0.2, 0.25) is 0 Å². The molecule has 0 fully saturated rings. The molecular weight excluding hydrogens is 346 g/mol. The third kappa shape index (κ3) is 4.03. The lowest BCUT2D eigenvalue weighted by Crippen LogP contribution is -2.14. The maximum Gasteiger partial charge on any atom is 0.337 e. The van der Waals surface area contributed by atoms with Crippen molar-refractivity contribution < 1.29 is 27.4 Å².